The number of nitrogens with one attached hydrogen (secondary N) is 1. The second kappa shape index (κ2) is 8.48. The van der Waals surface area contributed by atoms with Crippen molar-refractivity contribution in [2.45, 2.75) is 52.0 Å². The first kappa shape index (κ1) is 15.4. The number of likely N-dealkylation sites (tertiary alicyclic amines) is 1. The molecule has 4 nitrogen and oxygen atoms in total. The van der Waals surface area contributed by atoms with Crippen LogP contribution in [0.3, 0.4) is 0 Å². The minimum Gasteiger partial charge on any atom is -0.356 e. The van der Waals surface area contributed by atoms with Crippen LogP contribution in [0.4, 0.5) is 0 Å². The van der Waals surface area contributed by atoms with Gasteiger partial charge in [0.25, 0.3) is 0 Å². The third kappa shape index (κ3) is 5.36. The minimum absolute atomic E-state index is 0.143. The summed E-state index contributed by atoms with van der Waals surface area (Å²) in [6, 6.07) is 0.215. The highest BCUT2D eigenvalue weighted by Gasteiger charge is 2.22. The van der Waals surface area contributed by atoms with E-state index in [4.69, 9.17) is 5.73 Å². The Kier molecular flexibility index (Phi) is 7.28. The lowest BCUT2D eigenvalue weighted by atomic mass is 10.0. The predicted molar refractivity (Wildman–Crippen MR) is 75.3 cm³/mol. The highest BCUT2D eigenvalue weighted by Crippen LogP contribution is 2.18. The van der Waals surface area contributed by atoms with E-state index in [2.05, 4.69) is 24.1 Å². The van der Waals surface area contributed by atoms with Crippen LogP contribution in [-0.4, -0.2) is 43.0 Å². The molecule has 0 bridgehead atoms. The van der Waals surface area contributed by atoms with E-state index >= 15 is 0 Å². The molecule has 2 unspecified atom stereocenters. The first-order valence-corrected chi connectivity index (χ1v) is 7.38. The molecule has 0 aromatic carbocycles. The van der Waals surface area contributed by atoms with Crippen LogP contribution in [0.15, 0.2) is 0 Å². The fraction of sp³-hybridized carbons (Fsp3) is 0.929. The molecule has 1 aliphatic heterocycles. The van der Waals surface area contributed by atoms with E-state index in [1.165, 1.54) is 19.3 Å². The Morgan fingerprint density at radius 1 is 1.44 bits per heavy atom. The Bertz CT molecular complexity index is 245. The summed E-state index contributed by atoms with van der Waals surface area (Å²) in [4.78, 5) is 14.2. The Balaban J connectivity index is 2.41. The van der Waals surface area contributed by atoms with Crippen molar-refractivity contribution >= 4 is 5.91 Å². The molecule has 0 radical (unpaired) electrons. The quantitative estimate of drug-likeness (QED) is 0.753. The molecule has 1 fully saturated rings. The van der Waals surface area contributed by atoms with Crippen molar-refractivity contribution in [3.05, 3.63) is 0 Å². The number of carbonyl (C=O) groups excluding carboxylic acids is 1. The van der Waals surface area contributed by atoms with Crippen LogP contribution in [0.25, 0.3) is 0 Å². The lowest BCUT2D eigenvalue weighted by molar-refractivity contribution is -0.122. The van der Waals surface area contributed by atoms with Crippen molar-refractivity contribution in [3.8, 4) is 0 Å². The second-order valence-corrected chi connectivity index (χ2v) is 5.52. The van der Waals surface area contributed by atoms with Crippen molar-refractivity contribution < 1.29 is 4.79 Å². The Labute approximate surface area is 111 Å². The maximum atomic E-state index is 11.8. The monoisotopic (exact) mass is 255 g/mol. The third-order valence-corrected chi connectivity index (χ3v) is 3.83. The number of hydrogen-bond donors (Lipinski definition) is 2. The molecule has 3 N–H and O–H groups in total. The number of nitrogens with two attached hydrogens (primary N) is 1. The van der Waals surface area contributed by atoms with E-state index in [-0.39, 0.29) is 11.9 Å². The van der Waals surface area contributed by atoms with Crippen molar-refractivity contribution in [1.29, 1.82) is 0 Å². The van der Waals surface area contributed by atoms with Gasteiger partial charge in [0.2, 0.25) is 5.91 Å². The van der Waals surface area contributed by atoms with Crippen LogP contribution in [0.1, 0.15) is 46.0 Å². The molecular weight excluding hydrogens is 226 g/mol. The molecule has 0 saturated carbocycles. The topological polar surface area (TPSA) is 58.4 Å². The van der Waals surface area contributed by atoms with Crippen molar-refractivity contribution in [2.24, 2.45) is 11.7 Å². The number of nitrogens with zero attached hydrogens (tertiary/aromatic N) is 1. The molecule has 2 atom stereocenters. The zero-order valence-corrected chi connectivity index (χ0v) is 12.0. The van der Waals surface area contributed by atoms with Crippen LogP contribution < -0.4 is 11.1 Å². The molecule has 4 heteroatoms. The average Bonchev–Trinajstić information content (AvgIpc) is 2.58. The van der Waals surface area contributed by atoms with E-state index in [1.807, 2.05) is 0 Å². The second-order valence-electron chi connectivity index (χ2n) is 5.52. The summed E-state index contributed by atoms with van der Waals surface area (Å²) < 4.78 is 0. The Morgan fingerprint density at radius 3 is 2.89 bits per heavy atom. The first-order chi connectivity index (χ1) is 8.67. The van der Waals surface area contributed by atoms with Gasteiger partial charge in [-0.05, 0) is 44.7 Å². The summed E-state index contributed by atoms with van der Waals surface area (Å²) >= 11 is 0. The predicted octanol–water partition coefficient (Wildman–Crippen LogP) is 1.35. The van der Waals surface area contributed by atoms with E-state index < -0.39 is 0 Å². The fourth-order valence-corrected chi connectivity index (χ4v) is 2.56. The van der Waals surface area contributed by atoms with Crippen LogP contribution in [0.2, 0.25) is 0 Å². The van der Waals surface area contributed by atoms with Gasteiger partial charge in [0, 0.05) is 25.6 Å². The number of amides is 1. The summed E-state index contributed by atoms with van der Waals surface area (Å²) in [5.74, 6) is 0.951. The molecule has 0 aliphatic carbocycles. The van der Waals surface area contributed by atoms with Crippen LogP contribution in [-0.2, 0) is 4.79 Å². The summed E-state index contributed by atoms with van der Waals surface area (Å²) in [6.07, 6.45) is 5.29. The molecule has 0 spiro atoms. The molecule has 1 aliphatic rings. The van der Waals surface area contributed by atoms with Crippen molar-refractivity contribution in [1.82, 2.24) is 10.2 Å². The number of rotatable bonds is 6. The molecular formula is C14H29N3O. The van der Waals surface area contributed by atoms with Crippen molar-refractivity contribution in [3.63, 3.8) is 0 Å². The van der Waals surface area contributed by atoms with Gasteiger partial charge in [0.05, 0.1) is 0 Å². The smallest absolute Gasteiger partial charge is 0.221 e. The number of hydrogen-bond acceptors (Lipinski definition) is 3. The summed E-state index contributed by atoms with van der Waals surface area (Å²) in [5, 5.41) is 2.94. The largest absolute Gasteiger partial charge is 0.356 e. The van der Waals surface area contributed by atoms with Crippen LogP contribution >= 0.6 is 0 Å². The highest BCUT2D eigenvalue weighted by atomic mass is 16.1. The van der Waals surface area contributed by atoms with Gasteiger partial charge in [-0.25, -0.2) is 0 Å². The zero-order valence-electron chi connectivity index (χ0n) is 12.0. The Morgan fingerprint density at radius 2 is 2.22 bits per heavy atom. The van der Waals surface area contributed by atoms with E-state index in [9.17, 15) is 4.79 Å². The van der Waals surface area contributed by atoms with Gasteiger partial charge in [-0.3, -0.25) is 9.69 Å². The van der Waals surface area contributed by atoms with Crippen molar-refractivity contribution in [2.75, 3.05) is 26.2 Å². The molecule has 106 valence electrons. The van der Waals surface area contributed by atoms with Gasteiger partial charge in [-0.2, -0.15) is 0 Å². The summed E-state index contributed by atoms with van der Waals surface area (Å²) in [5.41, 5.74) is 5.84. The zero-order chi connectivity index (χ0) is 13.4. The van der Waals surface area contributed by atoms with Gasteiger partial charge < -0.3 is 11.1 Å². The molecule has 1 rings (SSSR count). The normalized spacial score (nSPS) is 23.4. The molecule has 0 aromatic rings. The standard InChI is InChI=1S/C14H29N3O/c1-3-7-16-14(18)10-13(11-15)17-8-4-5-12(2)6-9-17/h12-13H,3-11,15H2,1-2H3,(H,16,18). The molecule has 1 saturated heterocycles. The van der Waals surface area contributed by atoms with Gasteiger partial charge >= 0.3 is 0 Å². The molecule has 1 heterocycles. The summed E-state index contributed by atoms with van der Waals surface area (Å²) in [6.45, 7) is 7.91. The SMILES string of the molecule is CCCNC(=O)CC(CN)N1CCCC(C)CC1. The van der Waals surface area contributed by atoms with Gasteiger partial charge in [0.1, 0.15) is 0 Å². The lowest BCUT2D eigenvalue weighted by Gasteiger charge is -2.29. The minimum atomic E-state index is 0.143. The Hall–Kier alpha value is -0.610. The van der Waals surface area contributed by atoms with E-state index in [1.54, 1.807) is 0 Å². The maximum absolute atomic E-state index is 11.8. The highest BCUT2D eigenvalue weighted by molar-refractivity contribution is 5.76. The fourth-order valence-electron chi connectivity index (χ4n) is 2.56. The average molecular weight is 255 g/mol. The first-order valence-electron chi connectivity index (χ1n) is 7.38. The summed E-state index contributed by atoms with van der Waals surface area (Å²) in [7, 11) is 0. The van der Waals surface area contributed by atoms with Crippen LogP contribution in [0, 0.1) is 5.92 Å². The molecule has 18 heavy (non-hydrogen) atoms. The van der Waals surface area contributed by atoms with E-state index in [0.29, 0.717) is 13.0 Å². The van der Waals surface area contributed by atoms with Crippen LogP contribution in [0.5, 0.6) is 0 Å². The van der Waals surface area contributed by atoms with Gasteiger partial charge in [-0.1, -0.05) is 13.8 Å². The van der Waals surface area contributed by atoms with Gasteiger partial charge in [0.15, 0.2) is 0 Å². The van der Waals surface area contributed by atoms with E-state index in [0.717, 1.165) is 32.0 Å². The number of carbonyl (C=O) groups is 1. The lowest BCUT2D eigenvalue weighted by Crippen LogP contribution is -2.44. The third-order valence-electron chi connectivity index (χ3n) is 3.83. The maximum Gasteiger partial charge on any atom is 0.221 e. The molecule has 1 amide bonds. The molecule has 0 aromatic heterocycles. The van der Waals surface area contributed by atoms with Gasteiger partial charge in [-0.15, -0.1) is 0 Å².